The van der Waals surface area contributed by atoms with Gasteiger partial charge < -0.3 is 9.47 Å². The summed E-state index contributed by atoms with van der Waals surface area (Å²) in [5.41, 5.74) is 0. The summed E-state index contributed by atoms with van der Waals surface area (Å²) < 4.78 is 10.5. The minimum Gasteiger partial charge on any atom is -0.459 e. The first-order chi connectivity index (χ1) is 10.6. The predicted molar refractivity (Wildman–Crippen MR) is 87.1 cm³/mol. The van der Waals surface area contributed by atoms with Crippen molar-refractivity contribution in [2.24, 2.45) is 0 Å². The minimum absolute atomic E-state index is 0.0764. The van der Waals surface area contributed by atoms with Crippen molar-refractivity contribution in [3.63, 3.8) is 0 Å². The van der Waals surface area contributed by atoms with Crippen molar-refractivity contribution in [3.05, 3.63) is 12.2 Å². The Bertz CT molecular complexity index is 415. The van der Waals surface area contributed by atoms with Crippen LogP contribution in [0.1, 0.15) is 66.2 Å². The molecule has 0 spiro atoms. The van der Waals surface area contributed by atoms with Crippen molar-refractivity contribution < 1.29 is 19.1 Å². The Hall–Kier alpha value is -1.76. The smallest absolute Gasteiger partial charge is 0.332 e. The SMILES string of the molecule is CC#CC(CC)OC(=O)/C=C/C(=O)OC(CCC)CCCC. The topological polar surface area (TPSA) is 52.6 Å². The maximum Gasteiger partial charge on any atom is 0.332 e. The van der Waals surface area contributed by atoms with E-state index in [-0.39, 0.29) is 6.10 Å². The van der Waals surface area contributed by atoms with E-state index >= 15 is 0 Å². The molecule has 0 aliphatic heterocycles. The zero-order chi connectivity index (χ0) is 16.8. The molecule has 0 radical (unpaired) electrons. The van der Waals surface area contributed by atoms with E-state index in [9.17, 15) is 9.59 Å². The van der Waals surface area contributed by atoms with E-state index in [1.165, 1.54) is 0 Å². The monoisotopic (exact) mass is 308 g/mol. The van der Waals surface area contributed by atoms with E-state index in [0.29, 0.717) is 6.42 Å². The van der Waals surface area contributed by atoms with Crippen molar-refractivity contribution in [2.75, 3.05) is 0 Å². The Labute approximate surface area is 134 Å². The number of unbranched alkanes of at least 4 members (excludes halogenated alkanes) is 1. The maximum absolute atomic E-state index is 11.7. The molecular formula is C18H28O4. The molecule has 2 unspecified atom stereocenters. The largest absolute Gasteiger partial charge is 0.459 e. The lowest BCUT2D eigenvalue weighted by Crippen LogP contribution is -2.17. The molecule has 0 aliphatic carbocycles. The molecule has 0 rings (SSSR count). The fourth-order valence-corrected chi connectivity index (χ4v) is 1.91. The molecule has 0 saturated heterocycles. The van der Waals surface area contributed by atoms with Crippen LogP contribution in [0.2, 0.25) is 0 Å². The molecule has 0 heterocycles. The molecule has 0 aromatic rings. The van der Waals surface area contributed by atoms with E-state index in [0.717, 1.165) is 44.3 Å². The zero-order valence-corrected chi connectivity index (χ0v) is 14.2. The first-order valence-corrected chi connectivity index (χ1v) is 8.08. The Balaban J connectivity index is 4.35. The lowest BCUT2D eigenvalue weighted by atomic mass is 10.1. The van der Waals surface area contributed by atoms with E-state index in [1.54, 1.807) is 6.92 Å². The number of rotatable bonds is 10. The normalized spacial score (nSPS) is 13.1. The Morgan fingerprint density at radius 3 is 2.14 bits per heavy atom. The van der Waals surface area contributed by atoms with Gasteiger partial charge in [0.15, 0.2) is 6.10 Å². The van der Waals surface area contributed by atoms with Crippen LogP contribution in [0.15, 0.2) is 12.2 Å². The van der Waals surface area contributed by atoms with Crippen molar-refractivity contribution >= 4 is 11.9 Å². The second-order valence-electron chi connectivity index (χ2n) is 5.05. The van der Waals surface area contributed by atoms with Gasteiger partial charge in [-0.15, -0.1) is 5.92 Å². The van der Waals surface area contributed by atoms with E-state index < -0.39 is 18.0 Å². The van der Waals surface area contributed by atoms with Gasteiger partial charge in [-0.2, -0.15) is 0 Å². The van der Waals surface area contributed by atoms with Gasteiger partial charge in [0.2, 0.25) is 0 Å². The van der Waals surface area contributed by atoms with Gasteiger partial charge in [-0.3, -0.25) is 0 Å². The molecule has 0 aliphatic rings. The van der Waals surface area contributed by atoms with Crippen LogP contribution in [0, 0.1) is 11.8 Å². The number of esters is 2. The van der Waals surface area contributed by atoms with E-state index in [4.69, 9.17) is 9.47 Å². The lowest BCUT2D eigenvalue weighted by molar-refractivity contribution is -0.145. The predicted octanol–water partition coefficient (Wildman–Crippen LogP) is 3.79. The second kappa shape index (κ2) is 12.9. The standard InChI is InChI=1S/C18H28O4/c1-5-9-12-16(11-7-3)22-18(20)14-13-17(19)21-15(8-4)10-6-2/h13-16H,5,7-9,11-12H2,1-4H3/b14-13+. The number of carbonyl (C=O) groups is 2. The second-order valence-corrected chi connectivity index (χ2v) is 5.05. The first kappa shape index (κ1) is 20.2. The van der Waals surface area contributed by atoms with Gasteiger partial charge in [-0.1, -0.05) is 46.0 Å². The quantitative estimate of drug-likeness (QED) is 0.350. The molecule has 4 nitrogen and oxygen atoms in total. The van der Waals surface area contributed by atoms with Crippen LogP contribution in [0.4, 0.5) is 0 Å². The van der Waals surface area contributed by atoms with Gasteiger partial charge >= 0.3 is 11.9 Å². The fourth-order valence-electron chi connectivity index (χ4n) is 1.91. The van der Waals surface area contributed by atoms with Crippen molar-refractivity contribution in [2.45, 2.75) is 78.4 Å². The average molecular weight is 308 g/mol. The van der Waals surface area contributed by atoms with Crippen LogP contribution in [-0.4, -0.2) is 24.1 Å². The third kappa shape index (κ3) is 10.0. The summed E-state index contributed by atoms with van der Waals surface area (Å²) in [7, 11) is 0. The lowest BCUT2D eigenvalue weighted by Gasteiger charge is -2.15. The summed E-state index contributed by atoms with van der Waals surface area (Å²) in [6, 6.07) is 0. The van der Waals surface area contributed by atoms with Crippen LogP contribution >= 0.6 is 0 Å². The Morgan fingerprint density at radius 2 is 1.64 bits per heavy atom. The highest BCUT2D eigenvalue weighted by Gasteiger charge is 2.12. The number of carbonyl (C=O) groups excluding carboxylic acids is 2. The number of hydrogen-bond donors (Lipinski definition) is 0. The first-order valence-electron chi connectivity index (χ1n) is 8.08. The van der Waals surface area contributed by atoms with Crippen LogP contribution < -0.4 is 0 Å². The molecule has 0 aromatic carbocycles. The maximum atomic E-state index is 11.7. The van der Waals surface area contributed by atoms with E-state index in [1.807, 2.05) is 6.92 Å². The van der Waals surface area contributed by atoms with Crippen LogP contribution in [0.3, 0.4) is 0 Å². The minimum atomic E-state index is -0.577. The highest BCUT2D eigenvalue weighted by Crippen LogP contribution is 2.11. The van der Waals surface area contributed by atoms with Gasteiger partial charge in [-0.25, -0.2) is 9.59 Å². The number of ether oxygens (including phenoxy) is 2. The van der Waals surface area contributed by atoms with Gasteiger partial charge in [0.25, 0.3) is 0 Å². The molecule has 0 amide bonds. The molecule has 124 valence electrons. The van der Waals surface area contributed by atoms with Gasteiger partial charge in [0.05, 0.1) is 0 Å². The molecule has 2 atom stereocenters. The third-order valence-corrected chi connectivity index (χ3v) is 3.06. The third-order valence-electron chi connectivity index (χ3n) is 3.06. The van der Waals surface area contributed by atoms with E-state index in [2.05, 4.69) is 25.7 Å². The molecule has 0 bridgehead atoms. The number of hydrogen-bond acceptors (Lipinski definition) is 4. The average Bonchev–Trinajstić information content (AvgIpc) is 2.50. The molecule has 4 heteroatoms. The van der Waals surface area contributed by atoms with Crippen molar-refractivity contribution in [1.82, 2.24) is 0 Å². The highest BCUT2D eigenvalue weighted by molar-refractivity contribution is 5.91. The van der Waals surface area contributed by atoms with Crippen molar-refractivity contribution in [3.8, 4) is 11.8 Å². The van der Waals surface area contributed by atoms with Crippen molar-refractivity contribution in [1.29, 1.82) is 0 Å². The summed E-state index contributed by atoms with van der Waals surface area (Å²) in [6.45, 7) is 7.72. The molecule has 22 heavy (non-hydrogen) atoms. The molecule has 0 N–H and O–H groups in total. The highest BCUT2D eigenvalue weighted by atomic mass is 16.5. The van der Waals surface area contributed by atoms with Crippen LogP contribution in [0.25, 0.3) is 0 Å². The Morgan fingerprint density at radius 1 is 1.00 bits per heavy atom. The summed E-state index contributed by atoms with van der Waals surface area (Å²) in [6.07, 6.45) is 7.08. The summed E-state index contributed by atoms with van der Waals surface area (Å²) >= 11 is 0. The van der Waals surface area contributed by atoms with Gasteiger partial charge in [0.1, 0.15) is 6.10 Å². The Kier molecular flexibility index (Phi) is 11.9. The summed E-state index contributed by atoms with van der Waals surface area (Å²) in [4.78, 5) is 23.3. The molecule has 0 fully saturated rings. The zero-order valence-electron chi connectivity index (χ0n) is 14.2. The van der Waals surface area contributed by atoms with Gasteiger partial charge in [0, 0.05) is 12.2 Å². The summed E-state index contributed by atoms with van der Waals surface area (Å²) in [5, 5.41) is 0. The summed E-state index contributed by atoms with van der Waals surface area (Å²) in [5.74, 6) is 4.41. The fraction of sp³-hybridized carbons (Fsp3) is 0.667. The molecular weight excluding hydrogens is 280 g/mol. The van der Waals surface area contributed by atoms with Gasteiger partial charge in [-0.05, 0) is 26.2 Å². The van der Waals surface area contributed by atoms with Crippen LogP contribution in [-0.2, 0) is 19.1 Å². The molecule has 0 aromatic heterocycles. The van der Waals surface area contributed by atoms with Crippen LogP contribution in [0.5, 0.6) is 0 Å². The molecule has 0 saturated carbocycles.